The highest BCUT2D eigenvalue weighted by Gasteiger charge is 2.54. The first-order valence-corrected chi connectivity index (χ1v) is 10.9. The Morgan fingerprint density at radius 3 is 2.53 bits per heavy atom. The van der Waals surface area contributed by atoms with E-state index in [0.717, 1.165) is 16.7 Å². The Hall–Kier alpha value is -3.28. The number of aliphatic hydroxyl groups is 3. The maximum atomic E-state index is 13.3. The van der Waals surface area contributed by atoms with Gasteiger partial charge in [0.05, 0.1) is 18.8 Å². The number of hydrogen-bond acceptors (Lipinski definition) is 8. The third-order valence-electron chi connectivity index (χ3n) is 6.35. The third kappa shape index (κ3) is 3.75. The molecule has 34 heavy (non-hydrogen) atoms. The Kier molecular flexibility index (Phi) is 5.84. The third-order valence-corrected chi connectivity index (χ3v) is 6.35. The number of aromatic nitrogens is 1. The normalized spacial score (nSPS) is 26.0. The van der Waals surface area contributed by atoms with Crippen LogP contribution in [0, 0.1) is 5.82 Å². The summed E-state index contributed by atoms with van der Waals surface area (Å²) in [5.74, 6) is 0.232. The van der Waals surface area contributed by atoms with Crippen molar-refractivity contribution in [3.05, 3.63) is 72.2 Å². The van der Waals surface area contributed by atoms with Gasteiger partial charge in [0.25, 0.3) is 0 Å². The van der Waals surface area contributed by atoms with Crippen LogP contribution < -0.4 is 11.2 Å². The van der Waals surface area contributed by atoms with Crippen molar-refractivity contribution in [2.45, 2.75) is 30.6 Å². The molecule has 0 bridgehead atoms. The summed E-state index contributed by atoms with van der Waals surface area (Å²) in [6, 6.07) is 15.7. The monoisotopic (exact) mass is 467 g/mol. The molecule has 2 aliphatic rings. The van der Waals surface area contributed by atoms with E-state index in [1.54, 1.807) is 28.0 Å². The zero-order valence-corrected chi connectivity index (χ0v) is 18.3. The number of benzene rings is 2. The first-order valence-electron chi connectivity index (χ1n) is 10.9. The van der Waals surface area contributed by atoms with E-state index in [4.69, 9.17) is 10.5 Å². The lowest BCUT2D eigenvalue weighted by molar-refractivity contribution is -0.121. The Morgan fingerprint density at radius 2 is 1.88 bits per heavy atom. The summed E-state index contributed by atoms with van der Waals surface area (Å²) in [4.78, 5) is 4.60. The summed E-state index contributed by atoms with van der Waals surface area (Å²) >= 11 is 0. The Labute approximate surface area is 195 Å². The summed E-state index contributed by atoms with van der Waals surface area (Å²) in [5, 5.41) is 33.0. The van der Waals surface area contributed by atoms with Crippen molar-refractivity contribution in [2.24, 2.45) is 10.7 Å². The van der Waals surface area contributed by atoms with E-state index >= 15 is 0 Å². The van der Waals surface area contributed by atoms with E-state index in [2.05, 4.69) is 10.4 Å². The highest BCUT2D eigenvalue weighted by Crippen LogP contribution is 2.43. The molecule has 3 aromatic rings. The zero-order valence-electron chi connectivity index (χ0n) is 18.3. The smallest absolute Gasteiger partial charge is 0.164 e. The predicted molar refractivity (Wildman–Crippen MR) is 125 cm³/mol. The van der Waals surface area contributed by atoms with Crippen LogP contribution >= 0.6 is 0 Å². The van der Waals surface area contributed by atoms with Crippen LogP contribution in [0.3, 0.4) is 0 Å². The minimum absolute atomic E-state index is 0.161. The van der Waals surface area contributed by atoms with Crippen molar-refractivity contribution in [3.63, 3.8) is 0 Å². The van der Waals surface area contributed by atoms with Crippen LogP contribution in [0.4, 0.5) is 15.9 Å². The highest BCUT2D eigenvalue weighted by atomic mass is 19.1. The molecule has 1 aromatic heterocycles. The van der Waals surface area contributed by atoms with Crippen LogP contribution in [0.15, 0.2) is 65.8 Å². The van der Waals surface area contributed by atoms with Gasteiger partial charge in [0.1, 0.15) is 35.8 Å². The molecule has 0 saturated carbocycles. The number of halogens is 1. The van der Waals surface area contributed by atoms with Crippen LogP contribution in [-0.2, 0) is 11.3 Å². The summed E-state index contributed by atoms with van der Waals surface area (Å²) in [7, 11) is 0. The quantitative estimate of drug-likeness (QED) is 0.374. The van der Waals surface area contributed by atoms with Crippen molar-refractivity contribution in [1.82, 2.24) is 9.58 Å². The highest BCUT2D eigenvalue weighted by molar-refractivity contribution is 5.77. The molecule has 2 aliphatic heterocycles. The number of fused-ring (bicyclic) bond motifs is 1. The lowest BCUT2D eigenvalue weighted by atomic mass is 9.96. The van der Waals surface area contributed by atoms with Gasteiger partial charge in [-0.2, -0.15) is 0 Å². The molecule has 9 nitrogen and oxygen atoms in total. The second-order valence-corrected chi connectivity index (χ2v) is 8.48. The predicted octanol–water partition coefficient (Wildman–Crippen LogP) is 1.74. The molecular weight excluding hydrogens is 441 g/mol. The fourth-order valence-electron chi connectivity index (χ4n) is 4.44. The molecule has 2 aromatic carbocycles. The molecule has 5 rings (SSSR count). The van der Waals surface area contributed by atoms with Crippen molar-refractivity contribution < 1.29 is 24.4 Å². The summed E-state index contributed by atoms with van der Waals surface area (Å²) in [5.41, 5.74) is 10.9. The number of aliphatic hydroxyl groups excluding tert-OH is 3. The van der Waals surface area contributed by atoms with Crippen LogP contribution in [-0.4, -0.2) is 62.2 Å². The van der Waals surface area contributed by atoms with Crippen molar-refractivity contribution >= 4 is 17.8 Å². The van der Waals surface area contributed by atoms with E-state index in [-0.39, 0.29) is 12.4 Å². The summed E-state index contributed by atoms with van der Waals surface area (Å²) in [6.07, 6.45) is -0.262. The second-order valence-electron chi connectivity index (χ2n) is 8.48. The maximum Gasteiger partial charge on any atom is 0.164 e. The van der Waals surface area contributed by atoms with E-state index in [1.807, 2.05) is 36.5 Å². The number of nitrogens with two attached hydrogens (primary N) is 1. The molecule has 0 radical (unpaired) electrons. The number of ether oxygens (including phenoxy) is 1. The minimum atomic E-state index is -1.47. The van der Waals surface area contributed by atoms with E-state index in [0.29, 0.717) is 18.1 Å². The van der Waals surface area contributed by atoms with Crippen LogP contribution in [0.5, 0.6) is 0 Å². The molecule has 0 spiro atoms. The Morgan fingerprint density at radius 1 is 1.15 bits per heavy atom. The number of hydrogen-bond donors (Lipinski definition) is 5. The molecule has 1 saturated heterocycles. The zero-order chi connectivity index (χ0) is 23.9. The van der Waals surface area contributed by atoms with Gasteiger partial charge in [-0.3, -0.25) is 10.4 Å². The number of nitrogens with zero attached hydrogens (tertiary/aromatic N) is 3. The van der Waals surface area contributed by atoms with Crippen molar-refractivity contribution in [3.8, 4) is 11.1 Å². The second kappa shape index (κ2) is 8.82. The van der Waals surface area contributed by atoms with Crippen LogP contribution in [0.25, 0.3) is 11.1 Å². The van der Waals surface area contributed by atoms with Crippen molar-refractivity contribution in [1.29, 1.82) is 0 Å². The van der Waals surface area contributed by atoms with Gasteiger partial charge in [0.2, 0.25) is 0 Å². The largest absolute Gasteiger partial charge is 0.393 e. The number of nitrogens with one attached hydrogen (secondary N) is 1. The average Bonchev–Trinajstić information content (AvgIpc) is 3.36. The number of rotatable bonds is 6. The molecule has 6 N–H and O–H groups in total. The topological polar surface area (TPSA) is 128 Å². The molecule has 3 heterocycles. The van der Waals surface area contributed by atoms with Gasteiger partial charge in [-0.15, -0.1) is 0 Å². The number of anilines is 1. The van der Waals surface area contributed by atoms with Gasteiger partial charge in [0, 0.05) is 23.9 Å². The Balaban J connectivity index is 1.53. The Bertz CT molecular complexity index is 1180. The minimum Gasteiger partial charge on any atom is -0.393 e. The molecule has 0 unspecified atom stereocenters. The number of hydrazine groups is 1. The standard InChI is InChI=1S/C24H26FN5O4/c25-16-6-8-17(9-7-16)28-29-10-19-18(15-4-2-1-3-5-15)11-30(22(19)27-14-29)23-20(32)21(33)24(12-26,13-31)34-23/h1-9,11,14,20-21,23,28,31-33H,10,12-13,26H2/t20-,21+,23-,24-/m1/s1. The first-order chi connectivity index (χ1) is 16.5. The van der Waals surface area contributed by atoms with Gasteiger partial charge < -0.3 is 30.4 Å². The SMILES string of the molecule is NC[C@]1(CO)O[C@@H](n2cc(-c3ccccc3)c3c2N=CN(Nc2ccc(F)cc2)C3)[C@H](O)[C@@H]1O. The van der Waals surface area contributed by atoms with E-state index in [9.17, 15) is 19.7 Å². The van der Waals surface area contributed by atoms with Gasteiger partial charge in [-0.25, -0.2) is 9.38 Å². The van der Waals surface area contributed by atoms with E-state index < -0.39 is 30.6 Å². The molecule has 178 valence electrons. The fraction of sp³-hybridized carbons (Fsp3) is 0.292. The fourth-order valence-corrected chi connectivity index (χ4v) is 4.44. The lowest BCUT2D eigenvalue weighted by Crippen LogP contribution is -2.51. The van der Waals surface area contributed by atoms with Gasteiger partial charge in [-0.05, 0) is 29.8 Å². The average molecular weight is 468 g/mol. The van der Waals surface area contributed by atoms with Crippen LogP contribution in [0.1, 0.15) is 11.8 Å². The molecular formula is C24H26FN5O4. The van der Waals surface area contributed by atoms with E-state index in [1.165, 1.54) is 12.1 Å². The first kappa shape index (κ1) is 22.5. The summed E-state index contributed by atoms with van der Waals surface area (Å²) < 4.78 is 20.9. The number of aliphatic imine (C=N–C) groups is 1. The molecule has 0 aliphatic carbocycles. The summed E-state index contributed by atoms with van der Waals surface area (Å²) in [6.45, 7) is -0.279. The van der Waals surface area contributed by atoms with Gasteiger partial charge >= 0.3 is 0 Å². The van der Waals surface area contributed by atoms with Crippen molar-refractivity contribution in [2.75, 3.05) is 18.6 Å². The van der Waals surface area contributed by atoms with Gasteiger partial charge in [0.15, 0.2) is 6.23 Å². The molecule has 10 heteroatoms. The maximum absolute atomic E-state index is 13.3. The van der Waals surface area contributed by atoms with Gasteiger partial charge in [-0.1, -0.05) is 30.3 Å². The molecule has 4 atom stereocenters. The molecule has 1 fully saturated rings. The lowest BCUT2D eigenvalue weighted by Gasteiger charge is -2.28. The molecule has 0 amide bonds. The van der Waals surface area contributed by atoms with Crippen LogP contribution in [0.2, 0.25) is 0 Å².